The fraction of sp³-hybridized carbons (Fsp3) is 0.111. The highest BCUT2D eigenvalue weighted by atomic mass is 16.5. The third kappa shape index (κ3) is 3.40. The summed E-state index contributed by atoms with van der Waals surface area (Å²) in [5, 5.41) is 7.66. The third-order valence-electron chi connectivity index (χ3n) is 3.24. The van der Waals surface area contributed by atoms with E-state index < -0.39 is 5.97 Å². The summed E-state index contributed by atoms with van der Waals surface area (Å²) in [6.45, 7) is 2.09. The smallest absolute Gasteiger partial charge is 0.358 e. The number of ether oxygens (including phenoxy) is 1. The SMILES string of the molecule is CCOC(=O)c1cc(Nc2ccccc2)n(-c2ccccc2)n1. The standard InChI is InChI=1S/C18H17N3O2/c1-2-23-18(22)16-13-17(19-14-9-5-3-6-10-14)21(20-16)15-11-7-4-8-12-15/h3-13,19H,2H2,1H3. The molecule has 5 nitrogen and oxygen atoms in total. The zero-order valence-corrected chi connectivity index (χ0v) is 12.8. The molecule has 0 spiro atoms. The third-order valence-corrected chi connectivity index (χ3v) is 3.24. The van der Waals surface area contributed by atoms with E-state index in [0.29, 0.717) is 12.4 Å². The molecule has 3 aromatic rings. The number of hydrogen-bond donors (Lipinski definition) is 1. The van der Waals surface area contributed by atoms with Gasteiger partial charge in [-0.2, -0.15) is 5.10 Å². The van der Waals surface area contributed by atoms with Crippen LogP contribution in [0.5, 0.6) is 0 Å². The van der Waals surface area contributed by atoms with Gasteiger partial charge in [0.05, 0.1) is 12.3 Å². The van der Waals surface area contributed by atoms with Crippen molar-refractivity contribution in [3.63, 3.8) is 0 Å². The van der Waals surface area contributed by atoms with Crippen LogP contribution in [-0.2, 0) is 4.74 Å². The number of esters is 1. The maximum Gasteiger partial charge on any atom is 0.358 e. The summed E-state index contributed by atoms with van der Waals surface area (Å²) in [5.41, 5.74) is 2.05. The van der Waals surface area contributed by atoms with Crippen LogP contribution >= 0.6 is 0 Å². The molecule has 0 atom stereocenters. The number of carbonyl (C=O) groups excluding carboxylic acids is 1. The van der Waals surface area contributed by atoms with Crippen molar-refractivity contribution >= 4 is 17.5 Å². The Morgan fingerprint density at radius 3 is 2.39 bits per heavy atom. The normalized spacial score (nSPS) is 10.3. The van der Waals surface area contributed by atoms with Gasteiger partial charge in [0.15, 0.2) is 5.69 Å². The van der Waals surface area contributed by atoms with Crippen molar-refractivity contribution in [2.24, 2.45) is 0 Å². The van der Waals surface area contributed by atoms with Crippen LogP contribution in [0.1, 0.15) is 17.4 Å². The van der Waals surface area contributed by atoms with Gasteiger partial charge >= 0.3 is 5.97 Å². The molecule has 0 unspecified atom stereocenters. The Bertz CT molecular complexity index is 783. The molecule has 1 heterocycles. The Hall–Kier alpha value is -3.08. The summed E-state index contributed by atoms with van der Waals surface area (Å²) in [4.78, 5) is 12.0. The van der Waals surface area contributed by atoms with Crippen LogP contribution < -0.4 is 5.32 Å². The molecule has 0 aliphatic rings. The molecular formula is C18H17N3O2. The highest BCUT2D eigenvalue weighted by Crippen LogP contribution is 2.22. The fourth-order valence-electron chi connectivity index (χ4n) is 2.21. The van der Waals surface area contributed by atoms with Crippen LogP contribution in [0.2, 0.25) is 0 Å². The van der Waals surface area contributed by atoms with Crippen LogP contribution in [0.15, 0.2) is 66.7 Å². The molecule has 0 saturated heterocycles. The van der Waals surface area contributed by atoms with E-state index in [1.807, 2.05) is 60.7 Å². The first kappa shape index (κ1) is 14.8. The van der Waals surface area contributed by atoms with Crippen molar-refractivity contribution in [1.82, 2.24) is 9.78 Å². The molecular weight excluding hydrogens is 290 g/mol. The first-order chi connectivity index (χ1) is 11.3. The van der Waals surface area contributed by atoms with Crippen LogP contribution in [0.3, 0.4) is 0 Å². The van der Waals surface area contributed by atoms with Crippen LogP contribution in [0, 0.1) is 0 Å². The van der Waals surface area contributed by atoms with Crippen LogP contribution in [0.25, 0.3) is 5.69 Å². The van der Waals surface area contributed by atoms with E-state index in [1.54, 1.807) is 17.7 Å². The Labute approximate surface area is 134 Å². The summed E-state index contributed by atoms with van der Waals surface area (Å²) in [6.07, 6.45) is 0. The predicted octanol–water partition coefficient (Wildman–Crippen LogP) is 3.79. The molecule has 0 amide bonds. The van der Waals surface area contributed by atoms with Gasteiger partial charge in [0.25, 0.3) is 0 Å². The lowest BCUT2D eigenvalue weighted by atomic mass is 10.3. The second-order valence-electron chi connectivity index (χ2n) is 4.87. The average Bonchev–Trinajstić information content (AvgIpc) is 3.01. The van der Waals surface area contributed by atoms with E-state index in [9.17, 15) is 4.79 Å². The lowest BCUT2D eigenvalue weighted by Gasteiger charge is -2.09. The van der Waals surface area contributed by atoms with E-state index >= 15 is 0 Å². The average molecular weight is 307 g/mol. The zero-order chi connectivity index (χ0) is 16.1. The molecule has 0 aliphatic heterocycles. The topological polar surface area (TPSA) is 56.1 Å². The monoisotopic (exact) mass is 307 g/mol. The quantitative estimate of drug-likeness (QED) is 0.729. The van der Waals surface area contributed by atoms with Crippen LogP contribution in [-0.4, -0.2) is 22.4 Å². The molecule has 116 valence electrons. The maximum atomic E-state index is 12.0. The molecule has 0 radical (unpaired) electrons. The fourth-order valence-corrected chi connectivity index (χ4v) is 2.21. The van der Waals surface area contributed by atoms with Gasteiger partial charge in [-0.3, -0.25) is 0 Å². The van der Waals surface area contributed by atoms with Gasteiger partial charge in [0.1, 0.15) is 5.82 Å². The highest BCUT2D eigenvalue weighted by Gasteiger charge is 2.16. The molecule has 0 fully saturated rings. The predicted molar refractivity (Wildman–Crippen MR) is 89.2 cm³/mol. The van der Waals surface area contributed by atoms with Gasteiger partial charge in [0.2, 0.25) is 0 Å². The summed E-state index contributed by atoms with van der Waals surface area (Å²) in [6, 6.07) is 21.1. The van der Waals surface area contributed by atoms with Gasteiger partial charge in [-0.15, -0.1) is 0 Å². The molecule has 0 aliphatic carbocycles. The van der Waals surface area contributed by atoms with E-state index in [-0.39, 0.29) is 5.69 Å². The van der Waals surface area contributed by atoms with Crippen molar-refractivity contribution in [1.29, 1.82) is 0 Å². The number of carbonyl (C=O) groups is 1. The zero-order valence-electron chi connectivity index (χ0n) is 12.8. The van der Waals surface area contributed by atoms with Crippen LogP contribution in [0.4, 0.5) is 11.5 Å². The molecule has 5 heteroatoms. The molecule has 1 N–H and O–H groups in total. The van der Waals surface area contributed by atoms with E-state index in [1.165, 1.54) is 0 Å². The minimum Gasteiger partial charge on any atom is -0.461 e. The largest absolute Gasteiger partial charge is 0.461 e. The lowest BCUT2D eigenvalue weighted by molar-refractivity contribution is 0.0519. The number of nitrogens with zero attached hydrogens (tertiary/aromatic N) is 2. The van der Waals surface area contributed by atoms with Gasteiger partial charge < -0.3 is 10.1 Å². The van der Waals surface area contributed by atoms with E-state index in [0.717, 1.165) is 11.4 Å². The highest BCUT2D eigenvalue weighted by molar-refractivity contribution is 5.88. The Morgan fingerprint density at radius 2 is 1.74 bits per heavy atom. The van der Waals surface area contributed by atoms with Crippen molar-refractivity contribution < 1.29 is 9.53 Å². The van der Waals surface area contributed by atoms with E-state index in [2.05, 4.69) is 10.4 Å². The first-order valence-corrected chi connectivity index (χ1v) is 7.42. The molecule has 0 saturated carbocycles. The molecule has 1 aromatic heterocycles. The second kappa shape index (κ2) is 6.79. The number of aromatic nitrogens is 2. The lowest BCUT2D eigenvalue weighted by Crippen LogP contribution is -2.07. The number of hydrogen-bond acceptors (Lipinski definition) is 4. The number of benzene rings is 2. The van der Waals surface area contributed by atoms with Gasteiger partial charge in [-0.1, -0.05) is 36.4 Å². The summed E-state index contributed by atoms with van der Waals surface area (Å²) in [5.74, 6) is 0.267. The number of anilines is 2. The summed E-state index contributed by atoms with van der Waals surface area (Å²) < 4.78 is 6.73. The minimum absolute atomic E-state index is 0.272. The van der Waals surface area contributed by atoms with Crippen molar-refractivity contribution in [2.75, 3.05) is 11.9 Å². The maximum absolute atomic E-state index is 12.0. The van der Waals surface area contributed by atoms with Gasteiger partial charge in [0, 0.05) is 11.8 Å². The second-order valence-corrected chi connectivity index (χ2v) is 4.87. The first-order valence-electron chi connectivity index (χ1n) is 7.42. The van der Waals surface area contributed by atoms with Crippen molar-refractivity contribution in [3.8, 4) is 5.69 Å². The number of nitrogens with one attached hydrogen (secondary N) is 1. The van der Waals surface area contributed by atoms with Gasteiger partial charge in [-0.05, 0) is 31.2 Å². The molecule has 23 heavy (non-hydrogen) atoms. The molecule has 2 aromatic carbocycles. The van der Waals surface area contributed by atoms with Crippen molar-refractivity contribution in [3.05, 3.63) is 72.4 Å². The number of para-hydroxylation sites is 2. The Balaban J connectivity index is 2.00. The van der Waals surface area contributed by atoms with Gasteiger partial charge in [-0.25, -0.2) is 9.48 Å². The van der Waals surface area contributed by atoms with E-state index in [4.69, 9.17) is 4.74 Å². The molecule has 0 bridgehead atoms. The summed E-state index contributed by atoms with van der Waals surface area (Å²) >= 11 is 0. The Kier molecular flexibility index (Phi) is 4.38. The number of rotatable bonds is 5. The minimum atomic E-state index is -0.432. The van der Waals surface area contributed by atoms with Crippen molar-refractivity contribution in [2.45, 2.75) is 6.92 Å². The summed E-state index contributed by atoms with van der Waals surface area (Å²) in [7, 11) is 0. The molecule has 3 rings (SSSR count). The Morgan fingerprint density at radius 1 is 1.09 bits per heavy atom.